The second kappa shape index (κ2) is 6.19. The molecule has 1 amide bonds. The fourth-order valence-corrected chi connectivity index (χ4v) is 2.79. The molecule has 0 spiro atoms. The van der Waals surface area contributed by atoms with Crippen LogP contribution in [0, 0.1) is 32.1 Å². The molecule has 1 aliphatic rings. The minimum Gasteiger partial charge on any atom is -0.489 e. The van der Waals surface area contributed by atoms with Gasteiger partial charge in [0.1, 0.15) is 5.82 Å². The number of carbonyl (C=O) groups is 1. The van der Waals surface area contributed by atoms with Crippen molar-refractivity contribution in [3.63, 3.8) is 0 Å². The molecule has 2 heterocycles. The van der Waals surface area contributed by atoms with E-state index in [1.54, 1.807) is 18.5 Å². The van der Waals surface area contributed by atoms with Crippen LogP contribution in [0.2, 0.25) is 0 Å². The van der Waals surface area contributed by atoms with E-state index in [-0.39, 0.29) is 17.2 Å². The molecule has 0 radical (unpaired) electrons. The molecule has 24 heavy (non-hydrogen) atoms. The van der Waals surface area contributed by atoms with Gasteiger partial charge in [-0.2, -0.15) is 0 Å². The predicted molar refractivity (Wildman–Crippen MR) is 90.8 cm³/mol. The molecule has 0 bridgehead atoms. The van der Waals surface area contributed by atoms with Gasteiger partial charge >= 0.3 is 0 Å². The summed E-state index contributed by atoms with van der Waals surface area (Å²) in [5, 5.41) is 2.96. The minimum absolute atomic E-state index is 0.0311. The van der Waals surface area contributed by atoms with Gasteiger partial charge in [-0.1, -0.05) is 6.92 Å². The summed E-state index contributed by atoms with van der Waals surface area (Å²) in [5.41, 5.74) is 2.33. The molecule has 2 aromatic heterocycles. The summed E-state index contributed by atoms with van der Waals surface area (Å²) in [6.45, 7) is 8.19. The predicted octanol–water partition coefficient (Wildman–Crippen LogP) is 2.84. The summed E-state index contributed by atoms with van der Waals surface area (Å²) < 4.78 is 5.85. The van der Waals surface area contributed by atoms with Gasteiger partial charge in [0.2, 0.25) is 5.91 Å². The van der Waals surface area contributed by atoms with Crippen LogP contribution in [0.1, 0.15) is 30.6 Å². The molecule has 6 heteroatoms. The van der Waals surface area contributed by atoms with Gasteiger partial charge < -0.3 is 10.1 Å². The topological polar surface area (TPSA) is 77.0 Å². The van der Waals surface area contributed by atoms with E-state index < -0.39 is 0 Å². The normalized spacial score (nSPS) is 22.1. The molecule has 0 saturated heterocycles. The molecule has 6 nitrogen and oxygen atoms in total. The van der Waals surface area contributed by atoms with Crippen molar-refractivity contribution in [2.75, 3.05) is 11.9 Å². The lowest BCUT2D eigenvalue weighted by Gasteiger charge is -2.14. The van der Waals surface area contributed by atoms with Crippen LogP contribution in [0.5, 0.6) is 5.75 Å². The molecule has 0 aromatic carbocycles. The first-order valence-corrected chi connectivity index (χ1v) is 8.04. The summed E-state index contributed by atoms with van der Waals surface area (Å²) in [6.07, 6.45) is 4.20. The van der Waals surface area contributed by atoms with Crippen LogP contribution < -0.4 is 10.1 Å². The van der Waals surface area contributed by atoms with Gasteiger partial charge in [0.05, 0.1) is 18.5 Å². The number of ether oxygens (including phenoxy) is 1. The van der Waals surface area contributed by atoms with Crippen LogP contribution in [0.4, 0.5) is 5.69 Å². The Hall–Kier alpha value is -2.50. The number of aromatic nitrogens is 3. The second-order valence-corrected chi connectivity index (χ2v) is 6.74. The van der Waals surface area contributed by atoms with Gasteiger partial charge in [-0.15, -0.1) is 0 Å². The molecule has 0 unspecified atom stereocenters. The van der Waals surface area contributed by atoms with Crippen molar-refractivity contribution in [3.05, 3.63) is 41.7 Å². The van der Waals surface area contributed by atoms with E-state index in [2.05, 4.69) is 27.2 Å². The average molecular weight is 326 g/mol. The first kappa shape index (κ1) is 16.4. The molecule has 1 aliphatic carbocycles. The van der Waals surface area contributed by atoms with Crippen molar-refractivity contribution in [2.24, 2.45) is 11.3 Å². The number of aryl methyl sites for hydroxylation is 3. The number of pyridine rings is 1. The van der Waals surface area contributed by atoms with E-state index in [4.69, 9.17) is 4.74 Å². The van der Waals surface area contributed by atoms with Gasteiger partial charge in [-0.05, 0) is 39.3 Å². The lowest BCUT2D eigenvalue weighted by molar-refractivity contribution is -0.118. The Kier molecular flexibility index (Phi) is 4.22. The van der Waals surface area contributed by atoms with E-state index in [0.29, 0.717) is 12.4 Å². The maximum atomic E-state index is 12.4. The van der Waals surface area contributed by atoms with Gasteiger partial charge in [0.15, 0.2) is 5.75 Å². The molecule has 2 aromatic rings. The van der Waals surface area contributed by atoms with Crippen molar-refractivity contribution >= 4 is 11.6 Å². The maximum absolute atomic E-state index is 12.4. The summed E-state index contributed by atoms with van der Waals surface area (Å²) >= 11 is 0. The van der Waals surface area contributed by atoms with Crippen molar-refractivity contribution in [1.29, 1.82) is 0 Å². The standard InChI is InChI=1S/C18H22N4O2/c1-11-7-14(5-6-19-11)22-17(23)15-8-18(15,4)10-24-16-9-20-13(3)21-12(16)2/h5-7,9,15H,8,10H2,1-4H3,(H,19,22,23)/t15-,18+/m0/s1. The quantitative estimate of drug-likeness (QED) is 0.914. The maximum Gasteiger partial charge on any atom is 0.228 e. The van der Waals surface area contributed by atoms with E-state index in [1.807, 2.05) is 26.8 Å². The Morgan fingerprint density at radius 2 is 2.17 bits per heavy atom. The molecule has 1 fully saturated rings. The highest BCUT2D eigenvalue weighted by Gasteiger charge is 2.55. The minimum atomic E-state index is -0.149. The van der Waals surface area contributed by atoms with Crippen molar-refractivity contribution in [2.45, 2.75) is 34.1 Å². The molecule has 2 atom stereocenters. The lowest BCUT2D eigenvalue weighted by atomic mass is 10.1. The Labute approximate surface area is 141 Å². The highest BCUT2D eigenvalue weighted by atomic mass is 16.5. The fraction of sp³-hybridized carbons (Fsp3) is 0.444. The van der Waals surface area contributed by atoms with Gasteiger partial charge in [-0.3, -0.25) is 9.78 Å². The number of anilines is 1. The first-order valence-electron chi connectivity index (χ1n) is 8.04. The Morgan fingerprint density at radius 1 is 1.38 bits per heavy atom. The number of hydrogen-bond donors (Lipinski definition) is 1. The van der Waals surface area contributed by atoms with E-state index in [9.17, 15) is 4.79 Å². The molecule has 1 saturated carbocycles. The zero-order valence-corrected chi connectivity index (χ0v) is 14.5. The second-order valence-electron chi connectivity index (χ2n) is 6.74. The van der Waals surface area contributed by atoms with E-state index >= 15 is 0 Å². The monoisotopic (exact) mass is 326 g/mol. The number of nitrogens with zero attached hydrogens (tertiary/aromatic N) is 3. The highest BCUT2D eigenvalue weighted by Crippen LogP contribution is 2.52. The lowest BCUT2D eigenvalue weighted by Crippen LogP contribution is -2.21. The number of rotatable bonds is 5. The third kappa shape index (κ3) is 3.53. The third-order valence-corrected chi connectivity index (χ3v) is 4.44. The molecule has 126 valence electrons. The van der Waals surface area contributed by atoms with E-state index in [1.165, 1.54) is 0 Å². The zero-order chi connectivity index (χ0) is 17.3. The first-order chi connectivity index (χ1) is 11.4. The zero-order valence-electron chi connectivity index (χ0n) is 14.5. The Morgan fingerprint density at radius 3 is 2.88 bits per heavy atom. The van der Waals surface area contributed by atoms with Crippen LogP contribution in [-0.2, 0) is 4.79 Å². The van der Waals surface area contributed by atoms with Crippen molar-refractivity contribution in [3.8, 4) is 5.75 Å². The number of hydrogen-bond acceptors (Lipinski definition) is 5. The van der Waals surface area contributed by atoms with Crippen molar-refractivity contribution < 1.29 is 9.53 Å². The molecular formula is C18H22N4O2. The SMILES string of the molecule is Cc1cc(NC(=O)[C@@H]2C[C@]2(C)COc2cnc(C)nc2C)ccn1. The Bertz CT molecular complexity index is 777. The summed E-state index contributed by atoms with van der Waals surface area (Å²) in [5.74, 6) is 1.39. The van der Waals surface area contributed by atoms with E-state index in [0.717, 1.165) is 29.3 Å². The summed E-state index contributed by atoms with van der Waals surface area (Å²) in [6, 6.07) is 3.66. The molecule has 0 aliphatic heterocycles. The third-order valence-electron chi connectivity index (χ3n) is 4.44. The largest absolute Gasteiger partial charge is 0.489 e. The Balaban J connectivity index is 1.57. The van der Waals surface area contributed by atoms with Gasteiger partial charge in [0, 0.05) is 28.9 Å². The fourth-order valence-electron chi connectivity index (χ4n) is 2.79. The van der Waals surface area contributed by atoms with Gasteiger partial charge in [0.25, 0.3) is 0 Å². The molecule has 3 rings (SSSR count). The number of nitrogens with one attached hydrogen (secondary N) is 1. The van der Waals surface area contributed by atoms with Crippen LogP contribution in [-0.4, -0.2) is 27.5 Å². The van der Waals surface area contributed by atoms with Crippen molar-refractivity contribution in [1.82, 2.24) is 15.0 Å². The summed E-state index contributed by atoms with van der Waals surface area (Å²) in [7, 11) is 0. The van der Waals surface area contributed by atoms with Crippen LogP contribution in [0.15, 0.2) is 24.5 Å². The van der Waals surface area contributed by atoms with Crippen LogP contribution >= 0.6 is 0 Å². The van der Waals surface area contributed by atoms with Crippen LogP contribution in [0.25, 0.3) is 0 Å². The smallest absolute Gasteiger partial charge is 0.228 e. The van der Waals surface area contributed by atoms with Gasteiger partial charge in [-0.25, -0.2) is 9.97 Å². The summed E-state index contributed by atoms with van der Waals surface area (Å²) in [4.78, 5) is 25.0. The molecular weight excluding hydrogens is 304 g/mol. The average Bonchev–Trinajstić information content (AvgIpc) is 3.19. The van der Waals surface area contributed by atoms with Crippen LogP contribution in [0.3, 0.4) is 0 Å². The molecule has 1 N–H and O–H groups in total. The highest BCUT2D eigenvalue weighted by molar-refractivity contribution is 5.95. The number of amides is 1. The number of carbonyl (C=O) groups excluding carboxylic acids is 1.